The molecule has 3 rings (SSSR count). The zero-order valence-electron chi connectivity index (χ0n) is 9.75. The van der Waals surface area contributed by atoms with Crippen molar-refractivity contribution in [3.63, 3.8) is 0 Å². The Balaban J connectivity index is 2.07. The second-order valence-corrected chi connectivity index (χ2v) is 4.98. The maximum Gasteiger partial charge on any atom is 0.254 e. The fourth-order valence-electron chi connectivity index (χ4n) is 2.07. The first kappa shape index (κ1) is 11.5. The topological polar surface area (TPSA) is 72.9 Å². The van der Waals surface area contributed by atoms with Crippen molar-refractivity contribution in [1.82, 2.24) is 19.7 Å². The van der Waals surface area contributed by atoms with Gasteiger partial charge in [0.05, 0.1) is 0 Å². The van der Waals surface area contributed by atoms with Gasteiger partial charge in [0.1, 0.15) is 10.3 Å². The molecule has 18 heavy (non-hydrogen) atoms. The summed E-state index contributed by atoms with van der Waals surface area (Å²) >= 11 is 3.47. The summed E-state index contributed by atoms with van der Waals surface area (Å²) in [5, 5.41) is 4.13. The molecule has 2 aromatic heterocycles. The summed E-state index contributed by atoms with van der Waals surface area (Å²) in [7, 11) is 0. The summed E-state index contributed by atoms with van der Waals surface area (Å²) in [5.74, 6) is 1.80. The molecular weight excluding hydrogens is 296 g/mol. The number of halogens is 1. The Bertz CT molecular complexity index is 547. The largest absolute Gasteiger partial charge is 0.383 e. The predicted octanol–water partition coefficient (Wildman–Crippen LogP) is 1.61. The highest BCUT2D eigenvalue weighted by molar-refractivity contribution is 9.10. The van der Waals surface area contributed by atoms with Crippen LogP contribution >= 0.6 is 15.9 Å². The zero-order chi connectivity index (χ0) is 12.5. The molecule has 0 aliphatic carbocycles. The Morgan fingerprint density at radius 2 is 2.00 bits per heavy atom. The van der Waals surface area contributed by atoms with Crippen molar-refractivity contribution < 1.29 is 0 Å². The number of hydrogen-bond acceptors (Lipinski definition) is 5. The Morgan fingerprint density at radius 3 is 2.67 bits per heavy atom. The van der Waals surface area contributed by atoms with Crippen LogP contribution in [0.3, 0.4) is 0 Å². The Hall–Kier alpha value is -1.63. The van der Waals surface area contributed by atoms with Gasteiger partial charge >= 0.3 is 0 Å². The van der Waals surface area contributed by atoms with Crippen molar-refractivity contribution in [1.29, 1.82) is 0 Å². The van der Waals surface area contributed by atoms with Gasteiger partial charge in [-0.2, -0.15) is 15.1 Å². The first-order chi connectivity index (χ1) is 8.75. The SMILES string of the molecule is Nc1nc(-n2cccn2)nc(N2CCCC2)c1Br. The van der Waals surface area contributed by atoms with Gasteiger partial charge in [-0.1, -0.05) is 0 Å². The van der Waals surface area contributed by atoms with E-state index in [9.17, 15) is 0 Å². The van der Waals surface area contributed by atoms with E-state index in [2.05, 4.69) is 35.9 Å². The van der Waals surface area contributed by atoms with Crippen LogP contribution < -0.4 is 10.6 Å². The maximum atomic E-state index is 5.93. The van der Waals surface area contributed by atoms with Crippen molar-refractivity contribution in [3.05, 3.63) is 22.9 Å². The number of anilines is 2. The zero-order valence-corrected chi connectivity index (χ0v) is 11.3. The third kappa shape index (κ3) is 1.94. The number of nitrogens with zero attached hydrogens (tertiary/aromatic N) is 5. The van der Waals surface area contributed by atoms with E-state index in [1.807, 2.05) is 6.07 Å². The fraction of sp³-hybridized carbons (Fsp3) is 0.364. The normalized spacial score (nSPS) is 15.3. The molecule has 1 fully saturated rings. The molecule has 1 aliphatic heterocycles. The van der Waals surface area contributed by atoms with Gasteiger partial charge in [-0.05, 0) is 34.8 Å². The molecule has 6 nitrogen and oxygen atoms in total. The molecular formula is C11H13BrN6. The highest BCUT2D eigenvalue weighted by Gasteiger charge is 2.20. The molecule has 2 N–H and O–H groups in total. The van der Waals surface area contributed by atoms with E-state index >= 15 is 0 Å². The predicted molar refractivity (Wildman–Crippen MR) is 72.7 cm³/mol. The van der Waals surface area contributed by atoms with Gasteiger partial charge in [0.2, 0.25) is 0 Å². The number of nitrogen functional groups attached to an aromatic ring is 1. The molecule has 2 aromatic rings. The van der Waals surface area contributed by atoms with Crippen LogP contribution in [-0.4, -0.2) is 32.8 Å². The minimum atomic E-state index is 0.442. The molecule has 1 saturated heterocycles. The molecule has 0 spiro atoms. The van der Waals surface area contributed by atoms with E-state index in [0.29, 0.717) is 11.8 Å². The number of nitrogens with two attached hydrogens (primary N) is 1. The van der Waals surface area contributed by atoms with Crippen LogP contribution in [0.4, 0.5) is 11.6 Å². The standard InChI is InChI=1S/C11H13BrN6/c12-8-9(13)15-11(18-7-3-4-14-18)16-10(8)17-5-1-2-6-17/h3-4,7H,1-2,5-6H2,(H2,13,15,16). The summed E-state index contributed by atoms with van der Waals surface area (Å²) < 4.78 is 2.38. The van der Waals surface area contributed by atoms with E-state index in [-0.39, 0.29) is 0 Å². The quantitative estimate of drug-likeness (QED) is 0.912. The summed E-state index contributed by atoms with van der Waals surface area (Å²) in [6.45, 7) is 2.02. The van der Waals surface area contributed by atoms with Crippen LogP contribution in [0, 0.1) is 0 Å². The third-order valence-electron chi connectivity index (χ3n) is 2.96. The van der Waals surface area contributed by atoms with Gasteiger partial charge < -0.3 is 10.6 Å². The monoisotopic (exact) mass is 308 g/mol. The van der Waals surface area contributed by atoms with Crippen LogP contribution in [0.15, 0.2) is 22.9 Å². The smallest absolute Gasteiger partial charge is 0.254 e. The number of aromatic nitrogens is 4. The summed E-state index contributed by atoms with van der Waals surface area (Å²) in [5.41, 5.74) is 5.93. The average Bonchev–Trinajstić information content (AvgIpc) is 3.03. The average molecular weight is 309 g/mol. The summed E-state index contributed by atoms with van der Waals surface area (Å²) in [4.78, 5) is 11.0. The lowest BCUT2D eigenvalue weighted by atomic mass is 10.4. The summed E-state index contributed by atoms with van der Waals surface area (Å²) in [6, 6.07) is 1.83. The van der Waals surface area contributed by atoms with Crippen molar-refractivity contribution in [3.8, 4) is 5.95 Å². The van der Waals surface area contributed by atoms with E-state index < -0.39 is 0 Å². The van der Waals surface area contributed by atoms with E-state index in [4.69, 9.17) is 5.73 Å². The first-order valence-electron chi connectivity index (χ1n) is 5.83. The van der Waals surface area contributed by atoms with Crippen molar-refractivity contribution in [2.75, 3.05) is 23.7 Å². The van der Waals surface area contributed by atoms with Gasteiger partial charge in [-0.3, -0.25) is 0 Å². The minimum Gasteiger partial charge on any atom is -0.383 e. The van der Waals surface area contributed by atoms with Crippen LogP contribution in [-0.2, 0) is 0 Å². The minimum absolute atomic E-state index is 0.442. The number of hydrogen-bond donors (Lipinski definition) is 1. The Labute approximate surface area is 113 Å². The fourth-order valence-corrected chi connectivity index (χ4v) is 2.50. The molecule has 0 saturated carbocycles. The highest BCUT2D eigenvalue weighted by Crippen LogP contribution is 2.31. The lowest BCUT2D eigenvalue weighted by Gasteiger charge is -2.19. The van der Waals surface area contributed by atoms with E-state index in [1.54, 1.807) is 17.1 Å². The second kappa shape index (κ2) is 4.56. The van der Waals surface area contributed by atoms with Crippen molar-refractivity contribution in [2.45, 2.75) is 12.8 Å². The van der Waals surface area contributed by atoms with Crippen LogP contribution in [0.1, 0.15) is 12.8 Å². The molecule has 0 radical (unpaired) electrons. The van der Waals surface area contributed by atoms with Crippen LogP contribution in [0.5, 0.6) is 0 Å². The molecule has 1 aliphatic rings. The summed E-state index contributed by atoms with van der Waals surface area (Å²) in [6.07, 6.45) is 5.87. The molecule has 3 heterocycles. The molecule has 0 bridgehead atoms. The molecule has 0 atom stereocenters. The van der Waals surface area contributed by atoms with Gasteiger partial charge in [0.15, 0.2) is 5.82 Å². The second-order valence-electron chi connectivity index (χ2n) is 4.19. The Kier molecular flexibility index (Phi) is 2.91. The van der Waals surface area contributed by atoms with Crippen LogP contribution in [0.25, 0.3) is 5.95 Å². The first-order valence-corrected chi connectivity index (χ1v) is 6.63. The molecule has 0 aromatic carbocycles. The highest BCUT2D eigenvalue weighted by atomic mass is 79.9. The van der Waals surface area contributed by atoms with Gasteiger partial charge in [-0.15, -0.1) is 0 Å². The lowest BCUT2D eigenvalue weighted by molar-refractivity contribution is 0.798. The van der Waals surface area contributed by atoms with E-state index in [1.165, 1.54) is 12.8 Å². The third-order valence-corrected chi connectivity index (χ3v) is 3.72. The van der Waals surface area contributed by atoms with E-state index in [0.717, 1.165) is 23.4 Å². The molecule has 0 amide bonds. The molecule has 94 valence electrons. The number of rotatable bonds is 2. The van der Waals surface area contributed by atoms with Crippen molar-refractivity contribution >= 4 is 27.6 Å². The lowest BCUT2D eigenvalue weighted by Crippen LogP contribution is -2.21. The van der Waals surface area contributed by atoms with Crippen molar-refractivity contribution in [2.24, 2.45) is 0 Å². The van der Waals surface area contributed by atoms with Crippen LogP contribution in [0.2, 0.25) is 0 Å². The van der Waals surface area contributed by atoms with Gasteiger partial charge in [0, 0.05) is 25.5 Å². The molecule has 7 heteroatoms. The van der Waals surface area contributed by atoms with Gasteiger partial charge in [-0.25, -0.2) is 4.68 Å². The Morgan fingerprint density at radius 1 is 1.22 bits per heavy atom. The maximum absolute atomic E-state index is 5.93. The van der Waals surface area contributed by atoms with Gasteiger partial charge in [0.25, 0.3) is 5.95 Å². The molecule has 0 unspecified atom stereocenters.